The molecule has 0 saturated heterocycles. The maximum Gasteiger partial charge on any atom is 0.119 e. The number of benzene rings is 1. The van der Waals surface area contributed by atoms with E-state index in [1.54, 1.807) is 7.11 Å². The van der Waals surface area contributed by atoms with Crippen LogP contribution in [0.2, 0.25) is 0 Å². The van der Waals surface area contributed by atoms with Gasteiger partial charge in [0.1, 0.15) is 5.75 Å². The van der Waals surface area contributed by atoms with Gasteiger partial charge in [0.05, 0.1) is 7.11 Å². The molecule has 0 aliphatic heterocycles. The van der Waals surface area contributed by atoms with Crippen molar-refractivity contribution in [3.05, 3.63) is 29.8 Å². The quantitative estimate of drug-likeness (QED) is 0.801. The third-order valence-corrected chi connectivity index (χ3v) is 5.07. The molecule has 2 rings (SSSR count). The zero-order valence-corrected chi connectivity index (χ0v) is 13.9. The van der Waals surface area contributed by atoms with E-state index in [0.29, 0.717) is 6.04 Å². The number of rotatable bonds is 7. The van der Waals surface area contributed by atoms with Crippen molar-refractivity contribution in [2.75, 3.05) is 13.7 Å². The number of hydrogen-bond acceptors (Lipinski definition) is 2. The Morgan fingerprint density at radius 3 is 2.76 bits per heavy atom. The van der Waals surface area contributed by atoms with Crippen LogP contribution < -0.4 is 10.1 Å². The van der Waals surface area contributed by atoms with Crippen molar-refractivity contribution in [1.82, 2.24) is 5.32 Å². The number of likely N-dealkylation sites (N-methyl/N-ethyl adjacent to an activating group) is 1. The molecule has 1 fully saturated rings. The first-order chi connectivity index (χ1) is 10.3. The van der Waals surface area contributed by atoms with Gasteiger partial charge >= 0.3 is 0 Å². The van der Waals surface area contributed by atoms with Gasteiger partial charge in [-0.15, -0.1) is 0 Å². The first-order valence-corrected chi connectivity index (χ1v) is 8.64. The van der Waals surface area contributed by atoms with Gasteiger partial charge in [0, 0.05) is 6.04 Å². The second-order valence-corrected chi connectivity index (χ2v) is 6.34. The molecule has 0 spiro atoms. The highest BCUT2D eigenvalue weighted by Crippen LogP contribution is 2.35. The van der Waals surface area contributed by atoms with Gasteiger partial charge < -0.3 is 10.1 Å². The summed E-state index contributed by atoms with van der Waals surface area (Å²) in [6.45, 7) is 5.64. The average molecular weight is 289 g/mol. The molecule has 0 bridgehead atoms. The Hall–Kier alpha value is -1.02. The highest BCUT2D eigenvalue weighted by Gasteiger charge is 2.30. The second kappa shape index (κ2) is 8.43. The van der Waals surface area contributed by atoms with Gasteiger partial charge in [-0.1, -0.05) is 51.7 Å². The first-order valence-electron chi connectivity index (χ1n) is 8.64. The minimum atomic E-state index is 0.604. The van der Waals surface area contributed by atoms with Crippen molar-refractivity contribution in [2.24, 2.45) is 11.8 Å². The summed E-state index contributed by atoms with van der Waals surface area (Å²) in [5, 5.41) is 3.76. The van der Waals surface area contributed by atoms with Gasteiger partial charge in [-0.3, -0.25) is 0 Å². The standard InChI is InChI=1S/C19H31NO/c1-4-16-10-6-7-12-18(16)19(20-5-2)14-15-9-8-11-17(13-15)21-3/h8-9,11,13,16,18-20H,4-7,10,12,14H2,1-3H3. The van der Waals surface area contributed by atoms with Gasteiger partial charge in [0.2, 0.25) is 0 Å². The number of ether oxygens (including phenoxy) is 1. The summed E-state index contributed by atoms with van der Waals surface area (Å²) in [6, 6.07) is 9.16. The molecular formula is C19H31NO. The zero-order valence-electron chi connectivity index (χ0n) is 13.9. The number of nitrogens with one attached hydrogen (secondary N) is 1. The summed E-state index contributed by atoms with van der Waals surface area (Å²) in [5.74, 6) is 2.70. The summed E-state index contributed by atoms with van der Waals surface area (Å²) in [7, 11) is 1.75. The van der Waals surface area contributed by atoms with Crippen LogP contribution >= 0.6 is 0 Å². The summed E-state index contributed by atoms with van der Waals surface area (Å²) in [6.07, 6.45) is 8.08. The molecular weight excluding hydrogens is 258 g/mol. The maximum absolute atomic E-state index is 5.36. The van der Waals surface area contributed by atoms with Crippen LogP contribution in [0.4, 0.5) is 0 Å². The van der Waals surface area contributed by atoms with Crippen molar-refractivity contribution in [1.29, 1.82) is 0 Å². The van der Waals surface area contributed by atoms with Crippen LogP contribution in [0.25, 0.3) is 0 Å². The minimum absolute atomic E-state index is 0.604. The molecule has 0 aromatic heterocycles. The smallest absolute Gasteiger partial charge is 0.119 e. The van der Waals surface area contributed by atoms with E-state index in [0.717, 1.165) is 30.6 Å². The fourth-order valence-electron chi connectivity index (χ4n) is 3.96. The molecule has 118 valence electrons. The van der Waals surface area contributed by atoms with E-state index in [1.165, 1.54) is 37.7 Å². The topological polar surface area (TPSA) is 21.3 Å². The number of methoxy groups -OCH3 is 1. The maximum atomic E-state index is 5.36. The lowest BCUT2D eigenvalue weighted by molar-refractivity contribution is 0.175. The number of hydrogen-bond donors (Lipinski definition) is 1. The molecule has 0 amide bonds. The third kappa shape index (κ3) is 4.47. The Bertz CT molecular complexity index is 418. The van der Waals surface area contributed by atoms with Gasteiger partial charge in [-0.25, -0.2) is 0 Å². The molecule has 3 unspecified atom stereocenters. The lowest BCUT2D eigenvalue weighted by atomic mass is 9.72. The molecule has 0 radical (unpaired) electrons. The second-order valence-electron chi connectivity index (χ2n) is 6.34. The van der Waals surface area contributed by atoms with E-state index in [2.05, 4.69) is 37.4 Å². The van der Waals surface area contributed by atoms with Crippen molar-refractivity contribution < 1.29 is 4.74 Å². The van der Waals surface area contributed by atoms with E-state index >= 15 is 0 Å². The van der Waals surface area contributed by atoms with Gasteiger partial charge in [-0.05, 0) is 48.9 Å². The minimum Gasteiger partial charge on any atom is -0.497 e. The monoisotopic (exact) mass is 289 g/mol. The highest BCUT2D eigenvalue weighted by molar-refractivity contribution is 5.29. The zero-order chi connectivity index (χ0) is 15.1. The molecule has 1 saturated carbocycles. The molecule has 21 heavy (non-hydrogen) atoms. The molecule has 1 N–H and O–H groups in total. The molecule has 1 aromatic carbocycles. The average Bonchev–Trinajstić information content (AvgIpc) is 2.54. The summed E-state index contributed by atoms with van der Waals surface area (Å²) in [4.78, 5) is 0. The molecule has 0 heterocycles. The largest absolute Gasteiger partial charge is 0.497 e. The van der Waals surface area contributed by atoms with Crippen LogP contribution in [0.15, 0.2) is 24.3 Å². The van der Waals surface area contributed by atoms with Gasteiger partial charge in [0.15, 0.2) is 0 Å². The highest BCUT2D eigenvalue weighted by atomic mass is 16.5. The van der Waals surface area contributed by atoms with Crippen LogP contribution in [0.3, 0.4) is 0 Å². The fraction of sp³-hybridized carbons (Fsp3) is 0.684. The molecule has 1 aliphatic carbocycles. The third-order valence-electron chi connectivity index (χ3n) is 5.07. The van der Waals surface area contributed by atoms with E-state index in [9.17, 15) is 0 Å². The van der Waals surface area contributed by atoms with Crippen molar-refractivity contribution in [2.45, 2.75) is 58.4 Å². The van der Waals surface area contributed by atoms with E-state index in [4.69, 9.17) is 4.74 Å². The summed E-state index contributed by atoms with van der Waals surface area (Å²) in [5.41, 5.74) is 1.39. The summed E-state index contributed by atoms with van der Waals surface area (Å²) >= 11 is 0. The van der Waals surface area contributed by atoms with Crippen molar-refractivity contribution in [3.8, 4) is 5.75 Å². The fourth-order valence-corrected chi connectivity index (χ4v) is 3.96. The lowest BCUT2D eigenvalue weighted by Crippen LogP contribution is -2.42. The normalized spacial score (nSPS) is 23.8. The Balaban J connectivity index is 2.09. The van der Waals surface area contributed by atoms with Gasteiger partial charge in [-0.2, -0.15) is 0 Å². The lowest BCUT2D eigenvalue weighted by Gasteiger charge is -2.37. The van der Waals surface area contributed by atoms with Crippen LogP contribution in [0, 0.1) is 11.8 Å². The van der Waals surface area contributed by atoms with Crippen molar-refractivity contribution >= 4 is 0 Å². The summed E-state index contributed by atoms with van der Waals surface area (Å²) < 4.78 is 5.36. The Morgan fingerprint density at radius 2 is 2.05 bits per heavy atom. The molecule has 1 aliphatic rings. The predicted octanol–water partition coefficient (Wildman–Crippen LogP) is 4.43. The molecule has 2 nitrogen and oxygen atoms in total. The van der Waals surface area contributed by atoms with Gasteiger partial charge in [0.25, 0.3) is 0 Å². The van der Waals surface area contributed by atoms with E-state index < -0.39 is 0 Å². The predicted molar refractivity (Wildman–Crippen MR) is 89.9 cm³/mol. The van der Waals surface area contributed by atoms with Crippen LogP contribution in [0.1, 0.15) is 51.5 Å². The van der Waals surface area contributed by atoms with E-state index in [-0.39, 0.29) is 0 Å². The molecule has 1 aromatic rings. The Labute approximate surface area is 130 Å². The molecule has 3 atom stereocenters. The van der Waals surface area contributed by atoms with E-state index in [1.807, 2.05) is 6.07 Å². The van der Waals surface area contributed by atoms with Crippen molar-refractivity contribution in [3.63, 3.8) is 0 Å². The SMILES string of the molecule is CCNC(Cc1cccc(OC)c1)C1CCCCC1CC. The van der Waals surface area contributed by atoms with Crippen LogP contribution in [-0.2, 0) is 6.42 Å². The Morgan fingerprint density at radius 1 is 1.24 bits per heavy atom. The van der Waals surface area contributed by atoms with Crippen LogP contribution in [-0.4, -0.2) is 19.7 Å². The Kier molecular flexibility index (Phi) is 6.56. The first kappa shape index (κ1) is 16.4. The molecule has 2 heteroatoms. The van der Waals surface area contributed by atoms with Crippen LogP contribution in [0.5, 0.6) is 5.75 Å².